The number of aromatic nitrogens is 2. The molecule has 4 rings (SSSR count). The largest absolute Gasteiger partial charge is 0.342 e. The second-order valence-electron chi connectivity index (χ2n) is 6.83. The Balaban J connectivity index is 1.27. The monoisotopic (exact) mass is 388 g/mol. The van der Waals surface area contributed by atoms with Crippen LogP contribution in [0.4, 0.5) is 14.9 Å². The van der Waals surface area contributed by atoms with Crippen LogP contribution in [0.3, 0.4) is 0 Å². The summed E-state index contributed by atoms with van der Waals surface area (Å²) in [5, 5.41) is 5.56. The number of anilines is 1. The Morgan fingerprint density at radius 3 is 2.38 bits per heavy atom. The van der Waals surface area contributed by atoms with E-state index in [9.17, 15) is 9.18 Å². The van der Waals surface area contributed by atoms with Crippen LogP contribution in [0.2, 0.25) is 0 Å². The van der Waals surface area contributed by atoms with Crippen LogP contribution >= 0.6 is 0 Å². The number of hydrogen-bond acceptors (Lipinski definition) is 2. The Labute approximate surface area is 168 Å². The van der Waals surface area contributed by atoms with Gasteiger partial charge in [-0.05, 0) is 53.9 Å². The number of nitrogens with one attached hydrogen (secondary N) is 3. The molecule has 0 saturated heterocycles. The number of benzene rings is 3. The molecule has 29 heavy (non-hydrogen) atoms. The van der Waals surface area contributed by atoms with Crippen molar-refractivity contribution in [3.63, 3.8) is 0 Å². The standard InChI is InChI=1S/C23H21FN4O/c24-18-10-5-17(6-11-18)15-25-23(29)26-19-12-7-16(8-13-19)9-14-22-27-20-3-1-2-4-21(20)28-22/h1-8,10-13H,9,14-15H2,(H,27,28)(H2,25,26,29). The zero-order valence-electron chi connectivity index (χ0n) is 15.8. The van der Waals surface area contributed by atoms with E-state index in [1.165, 1.54) is 17.7 Å². The molecule has 3 N–H and O–H groups in total. The highest BCUT2D eigenvalue weighted by Gasteiger charge is 2.05. The van der Waals surface area contributed by atoms with E-state index >= 15 is 0 Å². The molecule has 5 nitrogen and oxygen atoms in total. The number of amides is 2. The van der Waals surface area contributed by atoms with Gasteiger partial charge in [0.25, 0.3) is 0 Å². The number of hydrogen-bond donors (Lipinski definition) is 3. The van der Waals surface area contributed by atoms with Gasteiger partial charge in [-0.3, -0.25) is 0 Å². The highest BCUT2D eigenvalue weighted by molar-refractivity contribution is 5.89. The predicted octanol–water partition coefficient (Wildman–Crippen LogP) is 4.81. The van der Waals surface area contributed by atoms with Gasteiger partial charge in [0.1, 0.15) is 11.6 Å². The molecular weight excluding hydrogens is 367 g/mol. The minimum absolute atomic E-state index is 0.293. The third-order valence-electron chi connectivity index (χ3n) is 4.67. The van der Waals surface area contributed by atoms with E-state index in [1.807, 2.05) is 48.5 Å². The minimum Gasteiger partial charge on any atom is -0.342 e. The van der Waals surface area contributed by atoms with Crippen LogP contribution in [0.25, 0.3) is 11.0 Å². The summed E-state index contributed by atoms with van der Waals surface area (Å²) in [6, 6.07) is 21.5. The lowest BCUT2D eigenvalue weighted by Crippen LogP contribution is -2.28. The molecule has 1 aromatic heterocycles. The average molecular weight is 388 g/mol. The molecule has 146 valence electrons. The third-order valence-corrected chi connectivity index (χ3v) is 4.67. The Hall–Kier alpha value is -3.67. The van der Waals surface area contributed by atoms with Crippen molar-refractivity contribution in [2.24, 2.45) is 0 Å². The molecule has 2 amide bonds. The lowest BCUT2D eigenvalue weighted by molar-refractivity contribution is 0.251. The number of carbonyl (C=O) groups is 1. The van der Waals surface area contributed by atoms with Gasteiger partial charge in [-0.15, -0.1) is 0 Å². The van der Waals surface area contributed by atoms with Crippen molar-refractivity contribution < 1.29 is 9.18 Å². The summed E-state index contributed by atoms with van der Waals surface area (Å²) in [6.45, 7) is 0.335. The van der Waals surface area contributed by atoms with Crippen LogP contribution in [0.5, 0.6) is 0 Å². The fourth-order valence-electron chi connectivity index (χ4n) is 3.10. The van der Waals surface area contributed by atoms with Crippen molar-refractivity contribution in [1.82, 2.24) is 15.3 Å². The van der Waals surface area contributed by atoms with Gasteiger partial charge >= 0.3 is 6.03 Å². The Kier molecular flexibility index (Phi) is 5.52. The number of para-hydroxylation sites is 2. The van der Waals surface area contributed by atoms with Crippen molar-refractivity contribution in [2.75, 3.05) is 5.32 Å². The number of fused-ring (bicyclic) bond motifs is 1. The number of carbonyl (C=O) groups excluding carboxylic acids is 1. The zero-order chi connectivity index (χ0) is 20.1. The first kappa shape index (κ1) is 18.7. The van der Waals surface area contributed by atoms with Crippen molar-refractivity contribution in [2.45, 2.75) is 19.4 Å². The van der Waals surface area contributed by atoms with Gasteiger partial charge < -0.3 is 15.6 Å². The van der Waals surface area contributed by atoms with E-state index in [1.54, 1.807) is 12.1 Å². The summed E-state index contributed by atoms with van der Waals surface area (Å²) in [7, 11) is 0. The number of halogens is 1. The molecule has 0 aliphatic heterocycles. The van der Waals surface area contributed by atoms with Gasteiger partial charge in [-0.1, -0.05) is 36.4 Å². The van der Waals surface area contributed by atoms with Gasteiger partial charge in [-0.25, -0.2) is 14.2 Å². The maximum atomic E-state index is 12.9. The molecular formula is C23H21FN4O. The molecule has 0 aliphatic rings. The van der Waals surface area contributed by atoms with Crippen LogP contribution in [0, 0.1) is 5.82 Å². The summed E-state index contributed by atoms with van der Waals surface area (Å²) >= 11 is 0. The first-order chi connectivity index (χ1) is 14.2. The van der Waals surface area contributed by atoms with E-state index in [-0.39, 0.29) is 11.8 Å². The number of aromatic amines is 1. The highest BCUT2D eigenvalue weighted by atomic mass is 19.1. The summed E-state index contributed by atoms with van der Waals surface area (Å²) in [4.78, 5) is 20.0. The Bertz CT molecular complexity index is 1070. The smallest absolute Gasteiger partial charge is 0.319 e. The highest BCUT2D eigenvalue weighted by Crippen LogP contribution is 2.14. The predicted molar refractivity (Wildman–Crippen MR) is 112 cm³/mol. The summed E-state index contributed by atoms with van der Waals surface area (Å²) in [5.74, 6) is 0.673. The number of nitrogens with zero attached hydrogens (tertiary/aromatic N) is 1. The molecule has 3 aromatic carbocycles. The zero-order valence-corrected chi connectivity index (χ0v) is 15.8. The number of imidazole rings is 1. The second kappa shape index (κ2) is 8.56. The molecule has 0 bridgehead atoms. The Morgan fingerprint density at radius 1 is 0.897 bits per heavy atom. The SMILES string of the molecule is O=C(NCc1ccc(F)cc1)Nc1ccc(CCc2nc3ccccc3[nH]2)cc1. The molecule has 0 radical (unpaired) electrons. The lowest BCUT2D eigenvalue weighted by atomic mass is 10.1. The lowest BCUT2D eigenvalue weighted by Gasteiger charge is -2.08. The Morgan fingerprint density at radius 2 is 1.62 bits per heavy atom. The fraction of sp³-hybridized carbons (Fsp3) is 0.130. The number of urea groups is 1. The number of rotatable bonds is 6. The summed E-state index contributed by atoms with van der Waals surface area (Å²) in [6.07, 6.45) is 1.68. The average Bonchev–Trinajstić information content (AvgIpc) is 3.16. The summed E-state index contributed by atoms with van der Waals surface area (Å²) < 4.78 is 12.9. The van der Waals surface area contributed by atoms with E-state index in [2.05, 4.69) is 20.6 Å². The van der Waals surface area contributed by atoms with Gasteiger partial charge in [0, 0.05) is 18.7 Å². The summed E-state index contributed by atoms with van der Waals surface area (Å²) in [5.41, 5.74) is 4.75. The number of H-pyrrole nitrogens is 1. The molecule has 0 saturated carbocycles. The fourth-order valence-corrected chi connectivity index (χ4v) is 3.10. The first-order valence-corrected chi connectivity index (χ1v) is 9.47. The van der Waals surface area contributed by atoms with Gasteiger partial charge in [-0.2, -0.15) is 0 Å². The molecule has 6 heteroatoms. The molecule has 0 aliphatic carbocycles. The molecule has 0 atom stereocenters. The molecule has 4 aromatic rings. The molecule has 0 unspecified atom stereocenters. The maximum Gasteiger partial charge on any atom is 0.319 e. The van der Waals surface area contributed by atoms with Gasteiger partial charge in [0.15, 0.2) is 0 Å². The molecule has 1 heterocycles. The van der Waals surface area contributed by atoms with E-state index in [0.717, 1.165) is 35.3 Å². The maximum absolute atomic E-state index is 12.9. The molecule has 0 fully saturated rings. The van der Waals surface area contributed by atoms with Gasteiger partial charge in [0.2, 0.25) is 0 Å². The number of aryl methyl sites for hydroxylation is 2. The van der Waals surface area contributed by atoms with Crippen LogP contribution in [-0.2, 0) is 19.4 Å². The second-order valence-corrected chi connectivity index (χ2v) is 6.83. The molecule has 0 spiro atoms. The minimum atomic E-state index is -0.302. The van der Waals surface area contributed by atoms with Crippen LogP contribution in [-0.4, -0.2) is 16.0 Å². The van der Waals surface area contributed by atoms with Crippen molar-refractivity contribution >= 4 is 22.8 Å². The van der Waals surface area contributed by atoms with Crippen molar-refractivity contribution in [1.29, 1.82) is 0 Å². The van der Waals surface area contributed by atoms with Crippen LogP contribution in [0.15, 0.2) is 72.8 Å². The first-order valence-electron chi connectivity index (χ1n) is 9.47. The third kappa shape index (κ3) is 4.99. The quantitative estimate of drug-likeness (QED) is 0.444. The van der Waals surface area contributed by atoms with Gasteiger partial charge in [0.05, 0.1) is 11.0 Å². The van der Waals surface area contributed by atoms with E-state index in [4.69, 9.17) is 0 Å². The van der Waals surface area contributed by atoms with Crippen molar-refractivity contribution in [3.05, 3.63) is 95.6 Å². The van der Waals surface area contributed by atoms with E-state index < -0.39 is 0 Å². The normalized spacial score (nSPS) is 10.8. The van der Waals surface area contributed by atoms with Crippen LogP contribution in [0.1, 0.15) is 17.0 Å². The van der Waals surface area contributed by atoms with Crippen molar-refractivity contribution in [3.8, 4) is 0 Å². The van der Waals surface area contributed by atoms with E-state index in [0.29, 0.717) is 12.2 Å². The topological polar surface area (TPSA) is 69.8 Å². The van der Waals surface area contributed by atoms with Crippen LogP contribution < -0.4 is 10.6 Å².